The molecule has 0 spiro atoms. The zero-order valence-corrected chi connectivity index (χ0v) is 17.5. The molecular weight excluding hydrogens is 320 g/mol. The maximum absolute atomic E-state index is 11.3. The lowest BCUT2D eigenvalue weighted by Gasteiger charge is -2.31. The average molecular weight is 355 g/mol. The number of aromatic hydroxyl groups is 2. The molecule has 2 aromatic rings. The lowest BCUT2D eigenvalue weighted by Crippen LogP contribution is -2.11. The molecule has 0 saturated carbocycles. The van der Waals surface area contributed by atoms with Crippen LogP contribution >= 0.6 is 0 Å². The van der Waals surface area contributed by atoms with Gasteiger partial charge in [0, 0.05) is 11.1 Å². The van der Waals surface area contributed by atoms with E-state index in [0.717, 1.165) is 16.7 Å². The second kappa shape index (κ2) is 7.73. The molecule has 0 atom stereocenters. The largest absolute Gasteiger partial charge is 0.508 e. The molecule has 0 radical (unpaired) electrons. The molecule has 0 saturated heterocycles. The van der Waals surface area contributed by atoms with Crippen LogP contribution in [0.5, 0.6) is 11.5 Å². The van der Waals surface area contributed by atoms with Crippen molar-refractivity contribution in [3.8, 4) is 22.6 Å². The van der Waals surface area contributed by atoms with E-state index in [-0.39, 0.29) is 17.6 Å². The Hall–Kier alpha value is -1.96. The molecule has 0 unspecified atom stereocenters. The van der Waals surface area contributed by atoms with E-state index in [2.05, 4.69) is 55.4 Å². The maximum atomic E-state index is 11.3. The summed E-state index contributed by atoms with van der Waals surface area (Å²) in [6, 6.07) is 7.49. The smallest absolute Gasteiger partial charge is 0.123 e. The first-order valence-electron chi connectivity index (χ1n) is 9.79. The molecule has 0 aliphatic heterocycles. The van der Waals surface area contributed by atoms with Gasteiger partial charge in [0.05, 0.1) is 0 Å². The minimum Gasteiger partial charge on any atom is -0.508 e. The molecule has 2 rings (SSSR count). The molecule has 0 aromatic heterocycles. The van der Waals surface area contributed by atoms with Crippen LogP contribution in [0.1, 0.15) is 101 Å². The summed E-state index contributed by atoms with van der Waals surface area (Å²) in [5.74, 6) is 1.81. The minimum atomic E-state index is 0.238. The lowest BCUT2D eigenvalue weighted by atomic mass is 9.74. The van der Waals surface area contributed by atoms with Gasteiger partial charge in [-0.3, -0.25) is 0 Å². The highest BCUT2D eigenvalue weighted by atomic mass is 16.3. The minimum absolute atomic E-state index is 0.238. The SMILES string of the molecule is CC(C)c1c(O)c(C(C)C)c(C(C)C)c(-c2ccc(O)cc2)c1C(C)C. The number of phenolic OH excluding ortho intramolecular Hbond substituents is 2. The van der Waals surface area contributed by atoms with E-state index < -0.39 is 0 Å². The summed E-state index contributed by atoms with van der Waals surface area (Å²) in [6.45, 7) is 17.4. The van der Waals surface area contributed by atoms with E-state index >= 15 is 0 Å². The number of hydrogen-bond donors (Lipinski definition) is 2. The third-order valence-electron chi connectivity index (χ3n) is 5.09. The fraction of sp³-hybridized carbons (Fsp3) is 0.500. The number of benzene rings is 2. The van der Waals surface area contributed by atoms with Gasteiger partial charge in [-0.25, -0.2) is 0 Å². The quantitative estimate of drug-likeness (QED) is 0.593. The van der Waals surface area contributed by atoms with Crippen molar-refractivity contribution in [3.63, 3.8) is 0 Å². The zero-order valence-electron chi connectivity index (χ0n) is 17.5. The Bertz CT molecular complexity index is 725. The van der Waals surface area contributed by atoms with Gasteiger partial charge in [0.15, 0.2) is 0 Å². The normalized spacial score (nSPS) is 12.0. The van der Waals surface area contributed by atoms with E-state index in [1.165, 1.54) is 16.7 Å². The van der Waals surface area contributed by atoms with Gasteiger partial charge in [0.1, 0.15) is 11.5 Å². The van der Waals surface area contributed by atoms with Gasteiger partial charge in [-0.2, -0.15) is 0 Å². The number of hydrogen-bond acceptors (Lipinski definition) is 2. The molecule has 0 aliphatic rings. The van der Waals surface area contributed by atoms with Gasteiger partial charge >= 0.3 is 0 Å². The second-order valence-corrected chi connectivity index (χ2v) is 8.54. The van der Waals surface area contributed by atoms with Crippen molar-refractivity contribution in [2.45, 2.75) is 79.1 Å². The van der Waals surface area contributed by atoms with Crippen molar-refractivity contribution in [1.29, 1.82) is 0 Å². The first-order valence-corrected chi connectivity index (χ1v) is 9.79. The van der Waals surface area contributed by atoms with E-state index in [1.54, 1.807) is 12.1 Å². The Morgan fingerprint density at radius 1 is 0.538 bits per heavy atom. The summed E-state index contributed by atoms with van der Waals surface area (Å²) < 4.78 is 0. The first-order chi connectivity index (χ1) is 12.1. The van der Waals surface area contributed by atoms with Crippen LogP contribution < -0.4 is 0 Å². The molecule has 0 amide bonds. The topological polar surface area (TPSA) is 40.5 Å². The van der Waals surface area contributed by atoms with Gasteiger partial charge in [-0.1, -0.05) is 67.5 Å². The highest BCUT2D eigenvalue weighted by Crippen LogP contribution is 2.49. The standard InChI is InChI=1S/C24H34O2/c1-13(2)19-21(15(5)6)24(26)22(16(7)8)20(14(3)4)23(19)17-9-11-18(25)12-10-17/h9-16,25-26H,1-8H3. The van der Waals surface area contributed by atoms with Crippen molar-refractivity contribution in [3.05, 3.63) is 46.5 Å². The van der Waals surface area contributed by atoms with Crippen LogP contribution in [0.15, 0.2) is 24.3 Å². The highest BCUT2D eigenvalue weighted by Gasteiger charge is 2.29. The summed E-state index contributed by atoms with van der Waals surface area (Å²) >= 11 is 0. The van der Waals surface area contributed by atoms with E-state index in [1.807, 2.05) is 12.1 Å². The van der Waals surface area contributed by atoms with Gasteiger partial charge in [-0.05, 0) is 58.1 Å². The van der Waals surface area contributed by atoms with Gasteiger partial charge in [0.25, 0.3) is 0 Å². The summed E-state index contributed by atoms with van der Waals surface area (Å²) in [5, 5.41) is 21.0. The van der Waals surface area contributed by atoms with Crippen molar-refractivity contribution in [1.82, 2.24) is 0 Å². The van der Waals surface area contributed by atoms with Crippen LogP contribution in [0.4, 0.5) is 0 Å². The van der Waals surface area contributed by atoms with E-state index in [4.69, 9.17) is 0 Å². The molecule has 26 heavy (non-hydrogen) atoms. The van der Waals surface area contributed by atoms with Gasteiger partial charge < -0.3 is 10.2 Å². The molecule has 2 heteroatoms. The van der Waals surface area contributed by atoms with Crippen molar-refractivity contribution in [2.75, 3.05) is 0 Å². The van der Waals surface area contributed by atoms with Crippen LogP contribution in [0.3, 0.4) is 0 Å². The van der Waals surface area contributed by atoms with Crippen molar-refractivity contribution < 1.29 is 10.2 Å². The molecule has 2 aromatic carbocycles. The molecule has 0 heterocycles. The fourth-order valence-corrected chi connectivity index (χ4v) is 4.12. The predicted octanol–water partition coefficient (Wildman–Crippen LogP) is 7.26. The van der Waals surface area contributed by atoms with E-state index in [0.29, 0.717) is 17.6 Å². The number of rotatable bonds is 5. The first kappa shape index (κ1) is 20.4. The van der Waals surface area contributed by atoms with Crippen LogP contribution in [0.2, 0.25) is 0 Å². The molecule has 2 N–H and O–H groups in total. The van der Waals surface area contributed by atoms with Crippen molar-refractivity contribution >= 4 is 0 Å². The molecule has 2 nitrogen and oxygen atoms in total. The molecule has 0 fully saturated rings. The maximum Gasteiger partial charge on any atom is 0.123 e. The Morgan fingerprint density at radius 3 is 1.19 bits per heavy atom. The van der Waals surface area contributed by atoms with E-state index in [9.17, 15) is 10.2 Å². The Kier molecular flexibility index (Phi) is 6.05. The Balaban J connectivity index is 3.09. The van der Waals surface area contributed by atoms with Crippen LogP contribution in [0.25, 0.3) is 11.1 Å². The average Bonchev–Trinajstić information content (AvgIpc) is 2.53. The number of phenols is 2. The lowest BCUT2D eigenvalue weighted by molar-refractivity contribution is 0.450. The van der Waals surface area contributed by atoms with Crippen LogP contribution in [-0.4, -0.2) is 10.2 Å². The van der Waals surface area contributed by atoms with Crippen LogP contribution in [0, 0.1) is 0 Å². The fourth-order valence-electron chi connectivity index (χ4n) is 4.12. The molecule has 0 aliphatic carbocycles. The molecular formula is C24H34O2. The van der Waals surface area contributed by atoms with Gasteiger partial charge in [0.2, 0.25) is 0 Å². The second-order valence-electron chi connectivity index (χ2n) is 8.54. The Labute approximate surface area is 158 Å². The third kappa shape index (κ3) is 3.60. The molecule has 0 bridgehead atoms. The van der Waals surface area contributed by atoms with Crippen LogP contribution in [-0.2, 0) is 0 Å². The zero-order chi connectivity index (χ0) is 19.8. The third-order valence-corrected chi connectivity index (χ3v) is 5.09. The summed E-state index contributed by atoms with van der Waals surface area (Å²) in [7, 11) is 0. The molecule has 142 valence electrons. The highest BCUT2D eigenvalue weighted by molar-refractivity contribution is 5.79. The summed E-state index contributed by atoms with van der Waals surface area (Å²) in [5.41, 5.74) is 6.94. The summed E-state index contributed by atoms with van der Waals surface area (Å²) in [4.78, 5) is 0. The van der Waals surface area contributed by atoms with Gasteiger partial charge in [-0.15, -0.1) is 0 Å². The monoisotopic (exact) mass is 354 g/mol. The predicted molar refractivity (Wildman–Crippen MR) is 112 cm³/mol. The Morgan fingerprint density at radius 2 is 0.885 bits per heavy atom. The van der Waals surface area contributed by atoms with Crippen molar-refractivity contribution in [2.24, 2.45) is 0 Å². The summed E-state index contributed by atoms with van der Waals surface area (Å²) in [6.07, 6.45) is 0.